The molecule has 4 heteroatoms. The van der Waals surface area contributed by atoms with Crippen LogP contribution in [0, 0.1) is 0 Å². The van der Waals surface area contributed by atoms with Crippen molar-refractivity contribution in [1.82, 2.24) is 0 Å². The molecule has 0 amide bonds. The summed E-state index contributed by atoms with van der Waals surface area (Å²) >= 11 is 1.76. The van der Waals surface area contributed by atoms with E-state index in [0.29, 0.717) is 5.25 Å². The first kappa shape index (κ1) is 12.6. The maximum atomic E-state index is 8.85. The highest BCUT2D eigenvalue weighted by Gasteiger charge is 2.21. The van der Waals surface area contributed by atoms with Crippen molar-refractivity contribution in [3.05, 3.63) is 24.2 Å². The monoisotopic (exact) mass is 229 g/mol. The van der Waals surface area contributed by atoms with Gasteiger partial charge in [-0.2, -0.15) is 0 Å². The first-order valence-electron chi connectivity index (χ1n) is 5.20. The van der Waals surface area contributed by atoms with Gasteiger partial charge in [0.1, 0.15) is 5.76 Å². The predicted molar refractivity (Wildman–Crippen MR) is 63.9 cm³/mol. The van der Waals surface area contributed by atoms with Crippen molar-refractivity contribution in [1.29, 1.82) is 0 Å². The number of rotatable bonds is 6. The van der Waals surface area contributed by atoms with Crippen molar-refractivity contribution < 1.29 is 9.52 Å². The second-order valence-corrected chi connectivity index (χ2v) is 5.34. The van der Waals surface area contributed by atoms with Gasteiger partial charge in [0.2, 0.25) is 0 Å². The molecule has 0 aromatic carbocycles. The first-order chi connectivity index (χ1) is 7.15. The molecule has 1 rings (SSSR count). The third-order valence-electron chi connectivity index (χ3n) is 2.22. The summed E-state index contributed by atoms with van der Waals surface area (Å²) in [4.78, 5) is 0. The van der Waals surface area contributed by atoms with Crippen LogP contribution in [-0.2, 0) is 0 Å². The molecule has 0 spiro atoms. The molecule has 1 heterocycles. The van der Waals surface area contributed by atoms with Crippen LogP contribution in [0.3, 0.4) is 0 Å². The molecular weight excluding hydrogens is 210 g/mol. The Hall–Kier alpha value is -0.450. The van der Waals surface area contributed by atoms with Crippen molar-refractivity contribution >= 4 is 11.8 Å². The Morgan fingerprint density at radius 1 is 1.53 bits per heavy atom. The summed E-state index contributed by atoms with van der Waals surface area (Å²) in [5.41, 5.74) is 5.93. The van der Waals surface area contributed by atoms with Crippen molar-refractivity contribution in [2.45, 2.75) is 36.8 Å². The Labute approximate surface area is 95.0 Å². The lowest BCUT2D eigenvalue weighted by atomic mass is 10.2. The number of aliphatic hydroxyl groups excluding tert-OH is 1. The molecule has 0 fully saturated rings. The van der Waals surface area contributed by atoms with E-state index >= 15 is 0 Å². The standard InChI is InChI=1S/C11H19NO2S/c1-8(5-6-13)15-11(9(2)12)10-4-3-7-14-10/h3-4,7-9,11,13H,5-6,12H2,1-2H3. The Bertz CT molecular complexity index is 262. The molecule has 0 saturated heterocycles. The molecule has 3 atom stereocenters. The van der Waals surface area contributed by atoms with Gasteiger partial charge >= 0.3 is 0 Å². The second-order valence-electron chi connectivity index (χ2n) is 3.75. The molecule has 0 aliphatic rings. The molecule has 0 radical (unpaired) electrons. The lowest BCUT2D eigenvalue weighted by Gasteiger charge is -2.21. The summed E-state index contributed by atoms with van der Waals surface area (Å²) < 4.78 is 5.37. The van der Waals surface area contributed by atoms with Crippen molar-refractivity contribution in [3.8, 4) is 0 Å². The summed E-state index contributed by atoms with van der Waals surface area (Å²) in [6, 6.07) is 3.87. The van der Waals surface area contributed by atoms with Crippen LogP contribution in [0.25, 0.3) is 0 Å². The minimum Gasteiger partial charge on any atom is -0.468 e. The summed E-state index contributed by atoms with van der Waals surface area (Å²) in [5, 5.41) is 9.40. The van der Waals surface area contributed by atoms with Gasteiger partial charge in [-0.3, -0.25) is 0 Å². The average molecular weight is 229 g/mol. The van der Waals surface area contributed by atoms with Gasteiger partial charge in [0.25, 0.3) is 0 Å². The molecule has 1 aromatic heterocycles. The van der Waals surface area contributed by atoms with Gasteiger partial charge in [-0.25, -0.2) is 0 Å². The van der Waals surface area contributed by atoms with E-state index in [4.69, 9.17) is 15.3 Å². The highest BCUT2D eigenvalue weighted by molar-refractivity contribution is 8.00. The molecule has 0 aliphatic carbocycles. The predicted octanol–water partition coefficient (Wildman–Crippen LogP) is 2.17. The molecule has 86 valence electrons. The van der Waals surface area contributed by atoms with Gasteiger partial charge in [-0.15, -0.1) is 11.8 Å². The van der Waals surface area contributed by atoms with Crippen molar-refractivity contribution in [2.75, 3.05) is 6.61 Å². The van der Waals surface area contributed by atoms with E-state index in [1.165, 1.54) is 0 Å². The number of aliphatic hydroxyl groups is 1. The number of nitrogens with two attached hydrogens (primary N) is 1. The summed E-state index contributed by atoms with van der Waals surface area (Å²) in [5.74, 6) is 0.916. The number of thioether (sulfide) groups is 1. The van der Waals surface area contributed by atoms with Crippen LogP contribution in [0.15, 0.2) is 22.8 Å². The highest BCUT2D eigenvalue weighted by atomic mass is 32.2. The largest absolute Gasteiger partial charge is 0.468 e. The van der Waals surface area contributed by atoms with Crippen LogP contribution in [-0.4, -0.2) is 23.0 Å². The van der Waals surface area contributed by atoms with Gasteiger partial charge in [-0.1, -0.05) is 6.92 Å². The Kier molecular flexibility index (Phi) is 5.22. The fourth-order valence-electron chi connectivity index (χ4n) is 1.40. The topological polar surface area (TPSA) is 59.4 Å². The van der Waals surface area contributed by atoms with E-state index in [0.717, 1.165) is 12.2 Å². The van der Waals surface area contributed by atoms with Crippen LogP contribution in [0.5, 0.6) is 0 Å². The van der Waals surface area contributed by atoms with E-state index < -0.39 is 0 Å². The van der Waals surface area contributed by atoms with E-state index in [2.05, 4.69) is 6.92 Å². The lowest BCUT2D eigenvalue weighted by molar-refractivity contribution is 0.288. The first-order valence-corrected chi connectivity index (χ1v) is 6.14. The van der Waals surface area contributed by atoms with E-state index in [1.807, 2.05) is 19.1 Å². The average Bonchev–Trinajstić information content (AvgIpc) is 2.66. The van der Waals surface area contributed by atoms with E-state index in [-0.39, 0.29) is 17.9 Å². The summed E-state index contributed by atoms with van der Waals surface area (Å²) in [6.45, 7) is 4.29. The number of hydrogen-bond donors (Lipinski definition) is 2. The maximum Gasteiger partial charge on any atom is 0.118 e. The summed E-state index contributed by atoms with van der Waals surface area (Å²) in [7, 11) is 0. The SMILES string of the molecule is CC(CCO)SC(c1ccco1)C(C)N. The number of furan rings is 1. The van der Waals surface area contributed by atoms with Gasteiger partial charge in [0, 0.05) is 17.9 Å². The molecule has 0 bridgehead atoms. The highest BCUT2D eigenvalue weighted by Crippen LogP contribution is 2.35. The van der Waals surface area contributed by atoms with Crippen LogP contribution in [0.1, 0.15) is 31.3 Å². The zero-order valence-electron chi connectivity index (χ0n) is 9.22. The zero-order valence-corrected chi connectivity index (χ0v) is 10.0. The fraction of sp³-hybridized carbons (Fsp3) is 0.636. The van der Waals surface area contributed by atoms with Crippen LogP contribution in [0.4, 0.5) is 0 Å². The van der Waals surface area contributed by atoms with Crippen LogP contribution < -0.4 is 5.73 Å². The molecule has 1 aromatic rings. The van der Waals surface area contributed by atoms with Gasteiger partial charge < -0.3 is 15.3 Å². The van der Waals surface area contributed by atoms with Gasteiger partial charge in [-0.05, 0) is 25.5 Å². The smallest absolute Gasteiger partial charge is 0.118 e. The van der Waals surface area contributed by atoms with Gasteiger partial charge in [0.15, 0.2) is 0 Å². The van der Waals surface area contributed by atoms with Crippen LogP contribution in [0.2, 0.25) is 0 Å². The molecule has 3 unspecified atom stereocenters. The normalized spacial score (nSPS) is 17.3. The Balaban J connectivity index is 2.59. The molecule has 3 nitrogen and oxygen atoms in total. The Morgan fingerprint density at radius 2 is 2.27 bits per heavy atom. The van der Waals surface area contributed by atoms with Gasteiger partial charge in [0.05, 0.1) is 11.5 Å². The summed E-state index contributed by atoms with van der Waals surface area (Å²) in [6.07, 6.45) is 2.45. The van der Waals surface area contributed by atoms with E-state index in [9.17, 15) is 0 Å². The van der Waals surface area contributed by atoms with E-state index in [1.54, 1.807) is 18.0 Å². The fourth-order valence-corrected chi connectivity index (χ4v) is 2.66. The zero-order chi connectivity index (χ0) is 11.3. The maximum absolute atomic E-state index is 8.85. The quantitative estimate of drug-likeness (QED) is 0.785. The molecule has 15 heavy (non-hydrogen) atoms. The minimum atomic E-state index is 0.0438. The van der Waals surface area contributed by atoms with Crippen LogP contribution >= 0.6 is 11.8 Å². The Morgan fingerprint density at radius 3 is 2.73 bits per heavy atom. The second kappa shape index (κ2) is 6.20. The van der Waals surface area contributed by atoms with Crippen molar-refractivity contribution in [2.24, 2.45) is 5.73 Å². The lowest BCUT2D eigenvalue weighted by Crippen LogP contribution is -2.24. The van der Waals surface area contributed by atoms with Crippen molar-refractivity contribution in [3.63, 3.8) is 0 Å². The third kappa shape index (κ3) is 3.89. The molecule has 3 N–H and O–H groups in total. The molecule has 0 aliphatic heterocycles. The molecule has 0 saturated carbocycles. The molecular formula is C11H19NO2S. The number of hydrogen-bond acceptors (Lipinski definition) is 4. The minimum absolute atomic E-state index is 0.0438. The third-order valence-corrected chi connectivity index (χ3v) is 3.87.